The lowest BCUT2D eigenvalue weighted by atomic mass is 10.2. The minimum absolute atomic E-state index is 0.124. The highest BCUT2D eigenvalue weighted by Gasteiger charge is 2.32. The molecule has 0 saturated carbocycles. The Morgan fingerprint density at radius 1 is 1.41 bits per heavy atom. The maximum absolute atomic E-state index is 12.0. The van der Waals surface area contributed by atoms with Gasteiger partial charge in [-0.25, -0.2) is 0 Å². The van der Waals surface area contributed by atoms with Gasteiger partial charge in [0, 0.05) is 19.0 Å². The van der Waals surface area contributed by atoms with Gasteiger partial charge >= 0.3 is 0 Å². The first-order valence-corrected chi connectivity index (χ1v) is 8.32. The standard InChI is InChI=1S/C16H21N3O2S/c1-3-11(2)18-16-19-15(21)13(22-16)9-14(20)17-10-12-7-5-4-6-8-12/h4-8,11,13H,3,9-10H2,1-2H3,(H,17,20)(H,18,19,21)/t11-,13+/m0/s1. The third-order valence-electron chi connectivity index (χ3n) is 3.41. The zero-order chi connectivity index (χ0) is 15.9. The molecule has 118 valence electrons. The second kappa shape index (κ2) is 7.98. The summed E-state index contributed by atoms with van der Waals surface area (Å²) in [7, 11) is 0. The summed E-state index contributed by atoms with van der Waals surface area (Å²) in [6.45, 7) is 4.52. The maximum atomic E-state index is 12.0. The number of nitrogens with one attached hydrogen (secondary N) is 2. The van der Waals surface area contributed by atoms with Crippen molar-refractivity contribution in [2.45, 2.75) is 44.5 Å². The summed E-state index contributed by atoms with van der Waals surface area (Å²) in [5.41, 5.74) is 1.04. The molecule has 1 aliphatic heterocycles. The van der Waals surface area contributed by atoms with Crippen LogP contribution in [0.25, 0.3) is 0 Å². The molecule has 0 bridgehead atoms. The molecule has 1 heterocycles. The van der Waals surface area contributed by atoms with E-state index in [-0.39, 0.29) is 24.3 Å². The van der Waals surface area contributed by atoms with Crippen molar-refractivity contribution < 1.29 is 9.59 Å². The summed E-state index contributed by atoms with van der Waals surface area (Å²) in [6.07, 6.45) is 1.09. The van der Waals surface area contributed by atoms with Crippen LogP contribution in [0.5, 0.6) is 0 Å². The molecule has 2 atom stereocenters. The van der Waals surface area contributed by atoms with E-state index < -0.39 is 5.25 Å². The third-order valence-corrected chi connectivity index (χ3v) is 4.50. The Balaban J connectivity index is 1.82. The van der Waals surface area contributed by atoms with Gasteiger partial charge in [0.15, 0.2) is 5.17 Å². The topological polar surface area (TPSA) is 70.6 Å². The maximum Gasteiger partial charge on any atom is 0.240 e. The van der Waals surface area contributed by atoms with Gasteiger partial charge in [0.1, 0.15) is 5.25 Å². The molecule has 1 aromatic rings. The SMILES string of the molecule is CC[C@H](C)N=C1NC(=O)[C@@H](CC(=O)NCc2ccccc2)S1. The van der Waals surface area contributed by atoms with Crippen molar-refractivity contribution in [3.8, 4) is 0 Å². The number of amidine groups is 1. The molecule has 22 heavy (non-hydrogen) atoms. The van der Waals surface area contributed by atoms with Crippen molar-refractivity contribution in [2.75, 3.05) is 0 Å². The lowest BCUT2D eigenvalue weighted by Crippen LogP contribution is -2.31. The normalized spacial score (nSPS) is 20.7. The van der Waals surface area contributed by atoms with Crippen LogP contribution in [0.1, 0.15) is 32.3 Å². The van der Waals surface area contributed by atoms with Crippen LogP contribution in [0, 0.1) is 0 Å². The fraction of sp³-hybridized carbons (Fsp3) is 0.438. The van der Waals surface area contributed by atoms with Crippen molar-refractivity contribution in [1.29, 1.82) is 0 Å². The Bertz CT molecular complexity index is 560. The molecular weight excluding hydrogens is 298 g/mol. The highest BCUT2D eigenvalue weighted by atomic mass is 32.2. The Hall–Kier alpha value is -1.82. The Labute approximate surface area is 135 Å². The van der Waals surface area contributed by atoms with E-state index in [0.717, 1.165) is 12.0 Å². The van der Waals surface area contributed by atoms with Crippen molar-refractivity contribution >= 4 is 28.7 Å². The van der Waals surface area contributed by atoms with Gasteiger partial charge in [-0.15, -0.1) is 0 Å². The molecule has 2 amide bonds. The second-order valence-corrected chi connectivity index (χ2v) is 6.45. The first-order chi connectivity index (χ1) is 10.6. The molecule has 0 spiro atoms. The molecule has 0 aromatic heterocycles. The van der Waals surface area contributed by atoms with Crippen LogP contribution in [0.3, 0.4) is 0 Å². The van der Waals surface area contributed by atoms with E-state index in [2.05, 4.69) is 15.6 Å². The van der Waals surface area contributed by atoms with Gasteiger partial charge in [-0.05, 0) is 18.9 Å². The van der Waals surface area contributed by atoms with Crippen LogP contribution in [0.4, 0.5) is 0 Å². The number of aliphatic imine (C=N–C) groups is 1. The summed E-state index contributed by atoms with van der Waals surface area (Å²) in [6, 6.07) is 9.87. The number of carbonyl (C=O) groups is 2. The van der Waals surface area contributed by atoms with E-state index in [0.29, 0.717) is 11.7 Å². The number of amides is 2. The van der Waals surface area contributed by atoms with Crippen LogP contribution in [0.2, 0.25) is 0 Å². The molecule has 1 fully saturated rings. The monoisotopic (exact) mass is 319 g/mol. The molecule has 1 saturated heterocycles. The predicted molar refractivity (Wildman–Crippen MR) is 89.6 cm³/mol. The van der Waals surface area contributed by atoms with Crippen LogP contribution >= 0.6 is 11.8 Å². The quantitative estimate of drug-likeness (QED) is 0.843. The van der Waals surface area contributed by atoms with Gasteiger partial charge in [-0.1, -0.05) is 49.0 Å². The number of thioether (sulfide) groups is 1. The van der Waals surface area contributed by atoms with Gasteiger partial charge in [0.05, 0.1) is 0 Å². The molecule has 1 aliphatic rings. The molecular formula is C16H21N3O2S. The molecule has 2 rings (SSSR count). The average Bonchev–Trinajstić information content (AvgIpc) is 2.85. The zero-order valence-electron chi connectivity index (χ0n) is 12.8. The smallest absolute Gasteiger partial charge is 0.240 e. The van der Waals surface area contributed by atoms with Crippen molar-refractivity contribution in [2.24, 2.45) is 4.99 Å². The Kier molecular flexibility index (Phi) is 6.00. The zero-order valence-corrected chi connectivity index (χ0v) is 13.7. The van der Waals surface area contributed by atoms with E-state index in [1.807, 2.05) is 44.2 Å². The highest BCUT2D eigenvalue weighted by Crippen LogP contribution is 2.23. The summed E-state index contributed by atoms with van der Waals surface area (Å²) >= 11 is 1.34. The van der Waals surface area contributed by atoms with Gasteiger partial charge in [-0.2, -0.15) is 0 Å². The first kappa shape index (κ1) is 16.5. The Morgan fingerprint density at radius 3 is 2.82 bits per heavy atom. The van der Waals surface area contributed by atoms with Gasteiger partial charge in [-0.3, -0.25) is 14.6 Å². The summed E-state index contributed by atoms with van der Waals surface area (Å²) < 4.78 is 0. The molecule has 0 radical (unpaired) electrons. The number of hydrogen-bond acceptors (Lipinski definition) is 4. The van der Waals surface area contributed by atoms with E-state index in [9.17, 15) is 9.59 Å². The molecule has 6 heteroatoms. The fourth-order valence-electron chi connectivity index (χ4n) is 1.93. The minimum Gasteiger partial charge on any atom is -0.352 e. The number of benzene rings is 1. The highest BCUT2D eigenvalue weighted by molar-refractivity contribution is 8.15. The van der Waals surface area contributed by atoms with Crippen LogP contribution in [0.15, 0.2) is 35.3 Å². The predicted octanol–water partition coefficient (Wildman–Crippen LogP) is 2.08. The minimum atomic E-state index is -0.390. The molecule has 0 aliphatic carbocycles. The molecule has 5 nitrogen and oxygen atoms in total. The van der Waals surface area contributed by atoms with Gasteiger partial charge < -0.3 is 10.6 Å². The van der Waals surface area contributed by atoms with Crippen LogP contribution in [-0.2, 0) is 16.1 Å². The summed E-state index contributed by atoms with van der Waals surface area (Å²) in [5, 5.41) is 5.82. The summed E-state index contributed by atoms with van der Waals surface area (Å²) in [5.74, 6) is -0.261. The Morgan fingerprint density at radius 2 is 2.14 bits per heavy atom. The lowest BCUT2D eigenvalue weighted by molar-refractivity contribution is -0.125. The van der Waals surface area contributed by atoms with Crippen molar-refractivity contribution in [3.63, 3.8) is 0 Å². The van der Waals surface area contributed by atoms with Crippen LogP contribution in [-0.4, -0.2) is 28.3 Å². The first-order valence-electron chi connectivity index (χ1n) is 7.44. The third kappa shape index (κ3) is 4.87. The second-order valence-electron chi connectivity index (χ2n) is 5.25. The van der Waals surface area contributed by atoms with E-state index >= 15 is 0 Å². The van der Waals surface area contributed by atoms with Crippen molar-refractivity contribution in [3.05, 3.63) is 35.9 Å². The lowest BCUT2D eigenvalue weighted by Gasteiger charge is -2.07. The fourth-order valence-corrected chi connectivity index (χ4v) is 3.00. The van der Waals surface area contributed by atoms with E-state index in [1.165, 1.54) is 11.8 Å². The number of carbonyl (C=O) groups excluding carboxylic acids is 2. The average molecular weight is 319 g/mol. The molecule has 2 N–H and O–H groups in total. The number of rotatable bonds is 6. The molecule has 1 aromatic carbocycles. The van der Waals surface area contributed by atoms with E-state index in [4.69, 9.17) is 0 Å². The van der Waals surface area contributed by atoms with Crippen molar-refractivity contribution in [1.82, 2.24) is 10.6 Å². The van der Waals surface area contributed by atoms with Crippen LogP contribution < -0.4 is 10.6 Å². The summed E-state index contributed by atoms with van der Waals surface area (Å²) in [4.78, 5) is 28.2. The van der Waals surface area contributed by atoms with Gasteiger partial charge in [0.25, 0.3) is 0 Å². The van der Waals surface area contributed by atoms with Gasteiger partial charge in [0.2, 0.25) is 11.8 Å². The number of hydrogen-bond donors (Lipinski definition) is 2. The largest absolute Gasteiger partial charge is 0.352 e. The number of nitrogens with zero attached hydrogens (tertiary/aromatic N) is 1. The molecule has 0 unspecified atom stereocenters. The van der Waals surface area contributed by atoms with E-state index in [1.54, 1.807) is 0 Å².